The lowest BCUT2D eigenvalue weighted by Gasteiger charge is -2.44. The summed E-state index contributed by atoms with van der Waals surface area (Å²) in [4.78, 5) is 4.76. The summed E-state index contributed by atoms with van der Waals surface area (Å²) in [7, 11) is 0. The van der Waals surface area contributed by atoms with Gasteiger partial charge in [-0.1, -0.05) is 54.2 Å². The van der Waals surface area contributed by atoms with Crippen molar-refractivity contribution in [3.8, 4) is 0 Å². The molecule has 1 saturated carbocycles. The van der Waals surface area contributed by atoms with Crippen molar-refractivity contribution in [2.24, 2.45) is 5.92 Å². The minimum Gasteiger partial charge on any atom is -0.385 e. The van der Waals surface area contributed by atoms with Crippen LogP contribution in [0.4, 0.5) is 10.1 Å². The van der Waals surface area contributed by atoms with Crippen LogP contribution in [0.25, 0.3) is 0 Å². The van der Waals surface area contributed by atoms with E-state index < -0.39 is 11.4 Å². The maximum Gasteiger partial charge on any atom is 0.141 e. The van der Waals surface area contributed by atoms with Crippen LogP contribution in [0.2, 0.25) is 10.0 Å². The van der Waals surface area contributed by atoms with Gasteiger partial charge in [-0.05, 0) is 42.7 Å². The van der Waals surface area contributed by atoms with E-state index in [0.717, 1.165) is 68.3 Å². The molecule has 2 aromatic rings. The van der Waals surface area contributed by atoms with Crippen LogP contribution < -0.4 is 4.90 Å². The molecule has 3 nitrogen and oxygen atoms in total. The van der Waals surface area contributed by atoms with Gasteiger partial charge in [0.1, 0.15) is 5.82 Å². The molecule has 0 bridgehead atoms. The largest absolute Gasteiger partial charge is 0.385 e. The lowest BCUT2D eigenvalue weighted by Crippen LogP contribution is -2.51. The number of hydrogen-bond acceptors (Lipinski definition) is 3. The smallest absolute Gasteiger partial charge is 0.141 e. The van der Waals surface area contributed by atoms with E-state index in [1.807, 2.05) is 18.2 Å². The number of halogens is 3. The van der Waals surface area contributed by atoms with Gasteiger partial charge in [-0.15, -0.1) is 0 Å². The van der Waals surface area contributed by atoms with Crippen molar-refractivity contribution in [2.75, 3.05) is 37.6 Å². The molecular formula is C23H27Cl2FN2O. The highest BCUT2D eigenvalue weighted by Gasteiger charge is 2.41. The first-order chi connectivity index (χ1) is 14.0. The first kappa shape index (κ1) is 20.9. The van der Waals surface area contributed by atoms with Gasteiger partial charge in [-0.25, -0.2) is 4.39 Å². The molecule has 1 aliphatic carbocycles. The Bertz CT molecular complexity index is 857. The highest BCUT2D eigenvalue weighted by atomic mass is 35.5. The Morgan fingerprint density at radius 2 is 1.76 bits per heavy atom. The van der Waals surface area contributed by atoms with E-state index in [0.29, 0.717) is 6.42 Å². The van der Waals surface area contributed by atoms with Crippen molar-refractivity contribution in [3.63, 3.8) is 0 Å². The standard InChI is InChI=1S/C23H27Cl2FN2O/c24-19-6-1-2-7-22(19)28-13-11-27(12-14-28)16-18-5-3-4-10-23(18,29)17-8-9-21(26)20(25)15-17/h1-2,6-9,15,18,29H,3-5,10-14,16H2. The zero-order valence-electron chi connectivity index (χ0n) is 16.5. The molecule has 0 spiro atoms. The average molecular weight is 437 g/mol. The summed E-state index contributed by atoms with van der Waals surface area (Å²) in [6.07, 6.45) is 3.75. The Labute approximate surface area is 182 Å². The normalized spacial score (nSPS) is 25.9. The molecule has 2 aromatic carbocycles. The summed E-state index contributed by atoms with van der Waals surface area (Å²) in [5.41, 5.74) is 0.877. The molecule has 156 valence electrons. The molecule has 2 aliphatic rings. The Hall–Kier alpha value is -1.33. The highest BCUT2D eigenvalue weighted by Crippen LogP contribution is 2.43. The van der Waals surface area contributed by atoms with Crippen LogP contribution in [0.5, 0.6) is 0 Å². The van der Waals surface area contributed by atoms with Crippen LogP contribution in [0.15, 0.2) is 42.5 Å². The monoisotopic (exact) mass is 436 g/mol. The number of nitrogens with zero attached hydrogens (tertiary/aromatic N) is 2. The first-order valence-electron chi connectivity index (χ1n) is 10.4. The number of benzene rings is 2. The van der Waals surface area contributed by atoms with Crippen molar-refractivity contribution in [1.29, 1.82) is 0 Å². The van der Waals surface area contributed by atoms with E-state index in [2.05, 4.69) is 15.9 Å². The van der Waals surface area contributed by atoms with E-state index in [9.17, 15) is 9.50 Å². The number of rotatable bonds is 4. The molecule has 29 heavy (non-hydrogen) atoms. The van der Waals surface area contributed by atoms with E-state index in [1.54, 1.807) is 12.1 Å². The summed E-state index contributed by atoms with van der Waals surface area (Å²) in [6.45, 7) is 4.53. The van der Waals surface area contributed by atoms with E-state index in [1.165, 1.54) is 6.07 Å². The number of piperazine rings is 1. The van der Waals surface area contributed by atoms with Crippen LogP contribution >= 0.6 is 23.2 Å². The zero-order chi connectivity index (χ0) is 20.4. The van der Waals surface area contributed by atoms with Crippen LogP contribution in [-0.2, 0) is 5.60 Å². The fourth-order valence-corrected chi connectivity index (χ4v) is 5.24. The van der Waals surface area contributed by atoms with Gasteiger partial charge in [0.25, 0.3) is 0 Å². The van der Waals surface area contributed by atoms with E-state index in [-0.39, 0.29) is 10.9 Å². The SMILES string of the molecule is OC1(c2ccc(F)c(Cl)c2)CCCCC1CN1CCN(c2ccccc2Cl)CC1. The topological polar surface area (TPSA) is 26.7 Å². The second kappa shape index (κ2) is 8.81. The van der Waals surface area contributed by atoms with Gasteiger partial charge in [0.15, 0.2) is 0 Å². The Kier molecular flexibility index (Phi) is 6.35. The molecule has 2 unspecified atom stereocenters. The molecule has 0 aromatic heterocycles. The molecule has 0 amide bonds. The molecule has 1 saturated heterocycles. The van der Waals surface area contributed by atoms with Gasteiger partial charge in [-0.2, -0.15) is 0 Å². The molecule has 4 rings (SSSR count). The van der Waals surface area contributed by atoms with Crippen LogP contribution in [0, 0.1) is 11.7 Å². The molecule has 2 atom stereocenters. The summed E-state index contributed by atoms with van der Waals surface area (Å²) < 4.78 is 13.6. The highest BCUT2D eigenvalue weighted by molar-refractivity contribution is 6.33. The summed E-state index contributed by atoms with van der Waals surface area (Å²) in [6, 6.07) is 12.6. The van der Waals surface area contributed by atoms with Gasteiger partial charge < -0.3 is 10.0 Å². The molecule has 1 heterocycles. The first-order valence-corrected chi connectivity index (χ1v) is 11.1. The average Bonchev–Trinajstić information content (AvgIpc) is 2.73. The predicted molar refractivity (Wildman–Crippen MR) is 117 cm³/mol. The number of aliphatic hydroxyl groups is 1. The number of hydrogen-bond donors (Lipinski definition) is 1. The van der Waals surface area contributed by atoms with E-state index in [4.69, 9.17) is 23.2 Å². The van der Waals surface area contributed by atoms with Crippen molar-refractivity contribution < 1.29 is 9.50 Å². The maximum absolute atomic E-state index is 13.6. The van der Waals surface area contributed by atoms with Gasteiger partial charge in [0.2, 0.25) is 0 Å². The number of para-hydroxylation sites is 1. The third kappa shape index (κ3) is 4.41. The molecular weight excluding hydrogens is 410 g/mol. The van der Waals surface area contributed by atoms with Crippen LogP contribution in [0.1, 0.15) is 31.2 Å². The predicted octanol–water partition coefficient (Wildman–Crippen LogP) is 5.33. The second-order valence-electron chi connectivity index (χ2n) is 8.23. The fourth-order valence-electron chi connectivity index (χ4n) is 4.81. The lowest BCUT2D eigenvalue weighted by molar-refractivity contribution is -0.0660. The van der Waals surface area contributed by atoms with Gasteiger partial charge >= 0.3 is 0 Å². The Morgan fingerprint density at radius 1 is 1.00 bits per heavy atom. The summed E-state index contributed by atoms with van der Waals surface area (Å²) >= 11 is 12.4. The van der Waals surface area contributed by atoms with Crippen molar-refractivity contribution in [3.05, 3.63) is 63.9 Å². The minimum absolute atomic E-state index is 0.0774. The lowest BCUT2D eigenvalue weighted by atomic mass is 9.71. The molecule has 2 fully saturated rings. The molecule has 6 heteroatoms. The third-order valence-corrected chi connectivity index (χ3v) is 7.11. The molecule has 0 radical (unpaired) electrons. The second-order valence-corrected chi connectivity index (χ2v) is 9.05. The van der Waals surface area contributed by atoms with Crippen molar-refractivity contribution >= 4 is 28.9 Å². The van der Waals surface area contributed by atoms with Gasteiger partial charge in [-0.3, -0.25) is 4.90 Å². The van der Waals surface area contributed by atoms with Crippen molar-refractivity contribution in [2.45, 2.75) is 31.3 Å². The third-order valence-electron chi connectivity index (χ3n) is 6.50. The number of anilines is 1. The quantitative estimate of drug-likeness (QED) is 0.700. The van der Waals surface area contributed by atoms with Gasteiger partial charge in [0, 0.05) is 38.6 Å². The summed E-state index contributed by atoms with van der Waals surface area (Å²) in [5, 5.41) is 12.4. The van der Waals surface area contributed by atoms with Crippen molar-refractivity contribution in [1.82, 2.24) is 4.90 Å². The van der Waals surface area contributed by atoms with Crippen LogP contribution in [-0.4, -0.2) is 42.7 Å². The zero-order valence-corrected chi connectivity index (χ0v) is 18.0. The minimum atomic E-state index is -0.949. The van der Waals surface area contributed by atoms with Gasteiger partial charge in [0.05, 0.1) is 21.3 Å². The summed E-state index contributed by atoms with van der Waals surface area (Å²) in [5.74, 6) is -0.327. The fraction of sp³-hybridized carbons (Fsp3) is 0.478. The molecule has 1 aliphatic heterocycles. The van der Waals surface area contributed by atoms with Crippen LogP contribution in [0.3, 0.4) is 0 Å². The van der Waals surface area contributed by atoms with E-state index >= 15 is 0 Å². The Balaban J connectivity index is 1.44. The Morgan fingerprint density at radius 3 is 2.48 bits per heavy atom. The maximum atomic E-state index is 13.6. The molecule has 1 N–H and O–H groups in total.